The predicted molar refractivity (Wildman–Crippen MR) is 86.5 cm³/mol. The van der Waals surface area contributed by atoms with Crippen molar-refractivity contribution in [2.75, 3.05) is 17.2 Å². The van der Waals surface area contributed by atoms with E-state index in [1.807, 2.05) is 36.4 Å². The Bertz CT molecular complexity index is 592. The van der Waals surface area contributed by atoms with Crippen LogP contribution in [0.2, 0.25) is 0 Å². The minimum atomic E-state index is 0.0365. The summed E-state index contributed by atoms with van der Waals surface area (Å²) in [4.78, 5) is 16.5. The van der Waals surface area contributed by atoms with Crippen LogP contribution in [0.15, 0.2) is 36.4 Å². The Morgan fingerprint density at radius 3 is 2.55 bits per heavy atom. The first-order valence-corrected chi connectivity index (χ1v) is 7.74. The Hall–Kier alpha value is -1.81. The fourth-order valence-corrected chi connectivity index (χ4v) is 3.00. The van der Waals surface area contributed by atoms with E-state index in [4.69, 9.17) is 5.73 Å². The number of carbonyl (C=O) groups excluding carboxylic acids is 1. The molecule has 1 aromatic carbocycles. The molecule has 4 heteroatoms. The van der Waals surface area contributed by atoms with Crippen molar-refractivity contribution in [3.8, 4) is 0 Å². The van der Waals surface area contributed by atoms with Gasteiger partial charge >= 0.3 is 0 Å². The zero-order valence-electron chi connectivity index (χ0n) is 11.9. The highest BCUT2D eigenvalue weighted by molar-refractivity contribution is 7.14. The van der Waals surface area contributed by atoms with E-state index < -0.39 is 0 Å². The third-order valence-electron chi connectivity index (χ3n) is 3.14. The number of nitrogen functional groups attached to an aromatic ring is 1. The number of hydrogen-bond donors (Lipinski definition) is 1. The highest BCUT2D eigenvalue weighted by Gasteiger charge is 2.20. The molecule has 0 saturated carbocycles. The summed E-state index contributed by atoms with van der Waals surface area (Å²) in [6.07, 6.45) is 1.85. The topological polar surface area (TPSA) is 46.3 Å². The second-order valence-corrected chi connectivity index (χ2v) is 5.80. The lowest BCUT2D eigenvalue weighted by atomic mass is 10.2. The smallest absolute Gasteiger partial charge is 0.268 e. The number of rotatable bonds is 5. The maximum absolute atomic E-state index is 12.7. The van der Waals surface area contributed by atoms with E-state index in [9.17, 15) is 4.79 Å². The molecular weight excluding hydrogens is 268 g/mol. The van der Waals surface area contributed by atoms with E-state index >= 15 is 0 Å². The van der Waals surface area contributed by atoms with Gasteiger partial charge in [0, 0.05) is 11.4 Å². The van der Waals surface area contributed by atoms with Crippen molar-refractivity contribution >= 4 is 28.6 Å². The van der Waals surface area contributed by atoms with Crippen molar-refractivity contribution < 1.29 is 4.79 Å². The van der Waals surface area contributed by atoms with E-state index in [-0.39, 0.29) is 5.91 Å². The van der Waals surface area contributed by atoms with Gasteiger partial charge in [-0.3, -0.25) is 4.79 Å². The molecule has 2 rings (SSSR count). The number of carbonyl (C=O) groups is 1. The average Bonchev–Trinajstić information content (AvgIpc) is 2.94. The van der Waals surface area contributed by atoms with Gasteiger partial charge in [0.1, 0.15) is 0 Å². The summed E-state index contributed by atoms with van der Waals surface area (Å²) < 4.78 is 0. The van der Waals surface area contributed by atoms with Gasteiger partial charge in [-0.2, -0.15) is 0 Å². The maximum atomic E-state index is 12.7. The van der Waals surface area contributed by atoms with Gasteiger partial charge in [0.25, 0.3) is 5.91 Å². The highest BCUT2D eigenvalue weighted by Crippen LogP contribution is 2.27. The van der Waals surface area contributed by atoms with Gasteiger partial charge in [-0.05, 0) is 37.1 Å². The monoisotopic (exact) mass is 288 g/mol. The molecule has 0 spiro atoms. The molecule has 3 nitrogen and oxygen atoms in total. The highest BCUT2D eigenvalue weighted by atomic mass is 32.1. The summed E-state index contributed by atoms with van der Waals surface area (Å²) in [6.45, 7) is 4.83. The Kier molecular flexibility index (Phi) is 4.79. The minimum Gasteiger partial charge on any atom is -0.397 e. The second kappa shape index (κ2) is 6.57. The van der Waals surface area contributed by atoms with Crippen LogP contribution in [-0.2, 0) is 6.42 Å². The summed E-state index contributed by atoms with van der Waals surface area (Å²) in [7, 11) is 0. The van der Waals surface area contributed by atoms with E-state index in [0.29, 0.717) is 12.2 Å². The molecule has 106 valence electrons. The molecule has 1 amide bonds. The summed E-state index contributed by atoms with van der Waals surface area (Å²) in [5.74, 6) is 0.0365. The lowest BCUT2D eigenvalue weighted by molar-refractivity contribution is 0.0991. The number of nitrogens with zero attached hydrogens (tertiary/aromatic N) is 1. The van der Waals surface area contributed by atoms with Gasteiger partial charge in [0.15, 0.2) is 0 Å². The number of benzene rings is 1. The fraction of sp³-hybridized carbons (Fsp3) is 0.312. The maximum Gasteiger partial charge on any atom is 0.268 e. The lowest BCUT2D eigenvalue weighted by Gasteiger charge is -2.23. The zero-order chi connectivity index (χ0) is 14.5. The molecular formula is C16H20N2OS. The van der Waals surface area contributed by atoms with Crippen LogP contribution in [0.5, 0.6) is 0 Å². The van der Waals surface area contributed by atoms with Crippen LogP contribution in [0.3, 0.4) is 0 Å². The van der Waals surface area contributed by atoms with Crippen molar-refractivity contribution in [3.05, 3.63) is 46.2 Å². The van der Waals surface area contributed by atoms with Crippen molar-refractivity contribution in [1.29, 1.82) is 0 Å². The number of anilines is 2. The molecule has 0 unspecified atom stereocenters. The molecule has 0 bridgehead atoms. The van der Waals surface area contributed by atoms with E-state index in [1.54, 1.807) is 16.2 Å². The first kappa shape index (κ1) is 14.6. The Morgan fingerprint density at radius 2 is 1.95 bits per heavy atom. The quantitative estimate of drug-likeness (QED) is 0.847. The van der Waals surface area contributed by atoms with Crippen molar-refractivity contribution in [2.24, 2.45) is 0 Å². The molecule has 0 aliphatic rings. The number of para-hydroxylation sites is 2. The Labute approximate surface area is 124 Å². The van der Waals surface area contributed by atoms with Gasteiger partial charge in [0.2, 0.25) is 0 Å². The van der Waals surface area contributed by atoms with Crippen LogP contribution in [0.4, 0.5) is 11.4 Å². The van der Waals surface area contributed by atoms with E-state index in [0.717, 1.165) is 23.4 Å². The summed E-state index contributed by atoms with van der Waals surface area (Å²) in [5, 5.41) is 0. The molecule has 1 heterocycles. The number of hydrogen-bond acceptors (Lipinski definition) is 3. The van der Waals surface area contributed by atoms with Gasteiger partial charge in [-0.25, -0.2) is 0 Å². The molecule has 20 heavy (non-hydrogen) atoms. The standard InChI is InChI=1S/C16H20N2OS/c1-3-11-18(14-8-6-5-7-13(14)17)16(19)15-10-9-12(4-2)20-15/h5-10H,3-4,11,17H2,1-2H3. The lowest BCUT2D eigenvalue weighted by Crippen LogP contribution is -2.31. The molecule has 0 saturated heterocycles. The van der Waals surface area contributed by atoms with Crippen LogP contribution in [-0.4, -0.2) is 12.5 Å². The van der Waals surface area contributed by atoms with Gasteiger partial charge < -0.3 is 10.6 Å². The van der Waals surface area contributed by atoms with Crippen molar-refractivity contribution in [2.45, 2.75) is 26.7 Å². The molecule has 0 aliphatic carbocycles. The minimum absolute atomic E-state index is 0.0365. The van der Waals surface area contributed by atoms with Crippen molar-refractivity contribution in [3.63, 3.8) is 0 Å². The van der Waals surface area contributed by atoms with Crippen LogP contribution >= 0.6 is 11.3 Å². The van der Waals surface area contributed by atoms with Crippen LogP contribution in [0, 0.1) is 0 Å². The Balaban J connectivity index is 2.33. The number of aryl methyl sites for hydroxylation is 1. The van der Waals surface area contributed by atoms with E-state index in [1.165, 1.54) is 4.88 Å². The zero-order valence-corrected chi connectivity index (χ0v) is 12.7. The predicted octanol–water partition coefficient (Wildman–Crippen LogP) is 3.95. The number of thiophene rings is 1. The molecule has 0 atom stereocenters. The largest absolute Gasteiger partial charge is 0.397 e. The van der Waals surface area contributed by atoms with Gasteiger partial charge in [0.05, 0.1) is 16.3 Å². The van der Waals surface area contributed by atoms with Crippen LogP contribution in [0.1, 0.15) is 34.8 Å². The molecule has 0 radical (unpaired) electrons. The second-order valence-electron chi connectivity index (χ2n) is 4.64. The molecule has 0 aliphatic heterocycles. The van der Waals surface area contributed by atoms with Crippen molar-refractivity contribution in [1.82, 2.24) is 0 Å². The first-order valence-electron chi connectivity index (χ1n) is 6.92. The number of amides is 1. The summed E-state index contributed by atoms with van der Waals surface area (Å²) >= 11 is 1.56. The molecule has 2 aromatic rings. The van der Waals surface area contributed by atoms with Gasteiger partial charge in [-0.1, -0.05) is 26.0 Å². The fourth-order valence-electron chi connectivity index (χ4n) is 2.10. The molecule has 1 aromatic heterocycles. The third-order valence-corrected chi connectivity index (χ3v) is 4.36. The van der Waals surface area contributed by atoms with Gasteiger partial charge in [-0.15, -0.1) is 11.3 Å². The normalized spacial score (nSPS) is 10.5. The number of nitrogens with two attached hydrogens (primary N) is 1. The summed E-state index contributed by atoms with van der Waals surface area (Å²) in [5.41, 5.74) is 7.45. The summed E-state index contributed by atoms with van der Waals surface area (Å²) in [6, 6.07) is 11.5. The average molecular weight is 288 g/mol. The van der Waals surface area contributed by atoms with Crippen LogP contribution < -0.4 is 10.6 Å². The SMILES string of the molecule is CCCN(C(=O)c1ccc(CC)s1)c1ccccc1N. The van der Waals surface area contributed by atoms with Crippen LogP contribution in [0.25, 0.3) is 0 Å². The molecule has 0 fully saturated rings. The third kappa shape index (κ3) is 3.02. The Morgan fingerprint density at radius 1 is 1.20 bits per heavy atom. The first-order chi connectivity index (χ1) is 9.67. The molecule has 2 N–H and O–H groups in total. The van der Waals surface area contributed by atoms with E-state index in [2.05, 4.69) is 13.8 Å².